The van der Waals surface area contributed by atoms with E-state index < -0.39 is 0 Å². The first-order valence-electron chi connectivity index (χ1n) is 5.36. The second-order valence-electron chi connectivity index (χ2n) is 3.63. The third-order valence-electron chi connectivity index (χ3n) is 2.29. The molecule has 0 amide bonds. The third kappa shape index (κ3) is 4.26. The summed E-state index contributed by atoms with van der Waals surface area (Å²) in [6.07, 6.45) is 3.76. The number of hydrogen-bond donors (Lipinski definition) is 1. The number of rotatable bonds is 6. The Morgan fingerprint density at radius 1 is 1.53 bits per heavy atom. The lowest BCUT2D eigenvalue weighted by Crippen LogP contribution is -2.29. The Kier molecular flexibility index (Phi) is 5.05. The van der Waals surface area contributed by atoms with E-state index in [9.17, 15) is 4.39 Å². The van der Waals surface area contributed by atoms with Gasteiger partial charge in [0, 0.05) is 6.04 Å². The second kappa shape index (κ2) is 6.36. The zero-order valence-electron chi connectivity index (χ0n) is 9.17. The van der Waals surface area contributed by atoms with Crippen LogP contribution in [0.4, 0.5) is 4.39 Å². The lowest BCUT2D eigenvalue weighted by atomic mass is 10.1. The molecule has 1 aromatic carbocycles. The molecule has 0 bridgehead atoms. The maximum Gasteiger partial charge on any atom is 0.123 e. The molecule has 82 valence electrons. The van der Waals surface area contributed by atoms with Gasteiger partial charge in [-0.25, -0.2) is 4.39 Å². The monoisotopic (exact) mass is 207 g/mol. The Morgan fingerprint density at radius 2 is 2.33 bits per heavy atom. The minimum atomic E-state index is -0.175. The van der Waals surface area contributed by atoms with Crippen molar-refractivity contribution in [2.45, 2.75) is 25.8 Å². The van der Waals surface area contributed by atoms with Crippen LogP contribution >= 0.6 is 0 Å². The zero-order valence-corrected chi connectivity index (χ0v) is 9.17. The molecule has 1 rings (SSSR count). The van der Waals surface area contributed by atoms with Gasteiger partial charge in [-0.05, 0) is 37.1 Å². The third-order valence-corrected chi connectivity index (χ3v) is 2.29. The molecule has 0 saturated heterocycles. The minimum absolute atomic E-state index is 0.175. The van der Waals surface area contributed by atoms with Gasteiger partial charge in [-0.3, -0.25) is 0 Å². The molecule has 1 unspecified atom stereocenters. The Morgan fingerprint density at radius 3 is 2.93 bits per heavy atom. The minimum Gasteiger partial charge on any atom is -0.310 e. The maximum absolute atomic E-state index is 12.9. The van der Waals surface area contributed by atoms with E-state index in [0.717, 1.165) is 24.9 Å². The predicted octanol–water partition coefficient (Wildman–Crippen LogP) is 2.92. The van der Waals surface area contributed by atoms with Crippen LogP contribution < -0.4 is 5.32 Å². The number of benzene rings is 1. The largest absolute Gasteiger partial charge is 0.310 e. The fourth-order valence-electron chi connectivity index (χ4n) is 1.49. The molecule has 0 aliphatic carbocycles. The summed E-state index contributed by atoms with van der Waals surface area (Å²) >= 11 is 0. The van der Waals surface area contributed by atoms with Crippen LogP contribution in [-0.2, 0) is 6.42 Å². The number of nitrogens with one attached hydrogen (secondary N) is 1. The van der Waals surface area contributed by atoms with E-state index in [2.05, 4.69) is 18.8 Å². The van der Waals surface area contributed by atoms with Crippen LogP contribution in [0.25, 0.3) is 0 Å². The molecular weight excluding hydrogens is 189 g/mol. The van der Waals surface area contributed by atoms with Gasteiger partial charge in [0.2, 0.25) is 0 Å². The van der Waals surface area contributed by atoms with Crippen LogP contribution in [0.2, 0.25) is 0 Å². The first-order chi connectivity index (χ1) is 7.26. The molecule has 0 aliphatic rings. The van der Waals surface area contributed by atoms with Crippen LogP contribution in [0, 0.1) is 5.82 Å². The van der Waals surface area contributed by atoms with Gasteiger partial charge in [0.15, 0.2) is 0 Å². The predicted molar refractivity (Wildman–Crippen MR) is 62.4 cm³/mol. The standard InChI is InChI=1S/C13H18FN/c1-3-8-15-13(4-2)10-11-6-5-7-12(14)9-11/h4-7,9,13,15H,2-3,8,10H2,1H3. The van der Waals surface area contributed by atoms with Gasteiger partial charge < -0.3 is 5.32 Å². The summed E-state index contributed by atoms with van der Waals surface area (Å²) in [5.41, 5.74) is 1.00. The summed E-state index contributed by atoms with van der Waals surface area (Å²) in [5, 5.41) is 3.35. The maximum atomic E-state index is 12.9. The Balaban J connectivity index is 2.54. The molecule has 1 aromatic rings. The highest BCUT2D eigenvalue weighted by atomic mass is 19.1. The van der Waals surface area contributed by atoms with Crippen LogP contribution in [0.1, 0.15) is 18.9 Å². The molecule has 15 heavy (non-hydrogen) atoms. The summed E-state index contributed by atoms with van der Waals surface area (Å²) in [4.78, 5) is 0. The number of hydrogen-bond acceptors (Lipinski definition) is 1. The lowest BCUT2D eigenvalue weighted by Gasteiger charge is -2.14. The van der Waals surface area contributed by atoms with Crippen molar-refractivity contribution in [3.63, 3.8) is 0 Å². The van der Waals surface area contributed by atoms with Gasteiger partial charge >= 0.3 is 0 Å². The average Bonchev–Trinajstić information content (AvgIpc) is 2.24. The van der Waals surface area contributed by atoms with E-state index in [4.69, 9.17) is 0 Å². The van der Waals surface area contributed by atoms with Gasteiger partial charge in [-0.15, -0.1) is 6.58 Å². The van der Waals surface area contributed by atoms with Crippen LogP contribution in [0.15, 0.2) is 36.9 Å². The quantitative estimate of drug-likeness (QED) is 0.707. The van der Waals surface area contributed by atoms with E-state index in [1.165, 1.54) is 6.07 Å². The highest BCUT2D eigenvalue weighted by Gasteiger charge is 2.04. The molecule has 2 heteroatoms. The van der Waals surface area contributed by atoms with Crippen LogP contribution in [-0.4, -0.2) is 12.6 Å². The van der Waals surface area contributed by atoms with Gasteiger partial charge in [0.25, 0.3) is 0 Å². The molecule has 0 aliphatic heterocycles. The fourth-order valence-corrected chi connectivity index (χ4v) is 1.49. The van der Waals surface area contributed by atoms with E-state index in [0.29, 0.717) is 0 Å². The molecule has 0 radical (unpaired) electrons. The molecular formula is C13H18FN. The van der Waals surface area contributed by atoms with Gasteiger partial charge in [0.05, 0.1) is 0 Å². The van der Waals surface area contributed by atoms with Gasteiger partial charge in [-0.1, -0.05) is 25.1 Å². The summed E-state index contributed by atoms with van der Waals surface area (Å²) < 4.78 is 12.9. The van der Waals surface area contributed by atoms with Crippen molar-refractivity contribution in [1.82, 2.24) is 5.32 Å². The van der Waals surface area contributed by atoms with Crippen molar-refractivity contribution in [2.24, 2.45) is 0 Å². The van der Waals surface area contributed by atoms with Crippen molar-refractivity contribution in [3.05, 3.63) is 48.3 Å². The highest BCUT2D eigenvalue weighted by molar-refractivity contribution is 5.18. The van der Waals surface area contributed by atoms with E-state index in [-0.39, 0.29) is 11.9 Å². The summed E-state index contributed by atoms with van der Waals surface area (Å²) in [5.74, 6) is -0.175. The summed E-state index contributed by atoms with van der Waals surface area (Å²) in [6, 6.07) is 6.94. The molecule has 1 nitrogen and oxygen atoms in total. The van der Waals surface area contributed by atoms with Crippen molar-refractivity contribution < 1.29 is 4.39 Å². The zero-order chi connectivity index (χ0) is 11.1. The molecule has 0 heterocycles. The Labute approximate surface area is 91.0 Å². The molecule has 1 atom stereocenters. The van der Waals surface area contributed by atoms with Gasteiger partial charge in [0.1, 0.15) is 5.82 Å². The molecule has 0 spiro atoms. The van der Waals surface area contributed by atoms with E-state index in [1.807, 2.05) is 12.1 Å². The highest BCUT2D eigenvalue weighted by Crippen LogP contribution is 2.07. The second-order valence-corrected chi connectivity index (χ2v) is 3.63. The van der Waals surface area contributed by atoms with Crippen LogP contribution in [0.3, 0.4) is 0 Å². The molecule has 1 N–H and O–H groups in total. The van der Waals surface area contributed by atoms with E-state index in [1.54, 1.807) is 12.1 Å². The fraction of sp³-hybridized carbons (Fsp3) is 0.385. The van der Waals surface area contributed by atoms with E-state index >= 15 is 0 Å². The molecule has 0 saturated carbocycles. The van der Waals surface area contributed by atoms with Crippen molar-refractivity contribution in [3.8, 4) is 0 Å². The molecule has 0 aromatic heterocycles. The van der Waals surface area contributed by atoms with Crippen molar-refractivity contribution >= 4 is 0 Å². The summed E-state index contributed by atoms with van der Waals surface area (Å²) in [7, 11) is 0. The lowest BCUT2D eigenvalue weighted by molar-refractivity contribution is 0.580. The Hall–Kier alpha value is -1.15. The topological polar surface area (TPSA) is 12.0 Å². The van der Waals surface area contributed by atoms with Gasteiger partial charge in [-0.2, -0.15) is 0 Å². The van der Waals surface area contributed by atoms with Crippen LogP contribution in [0.5, 0.6) is 0 Å². The number of halogens is 1. The molecule has 0 fully saturated rings. The first-order valence-corrected chi connectivity index (χ1v) is 5.36. The van der Waals surface area contributed by atoms with Crippen molar-refractivity contribution in [2.75, 3.05) is 6.54 Å². The summed E-state index contributed by atoms with van der Waals surface area (Å²) in [6.45, 7) is 6.86. The smallest absolute Gasteiger partial charge is 0.123 e. The normalized spacial score (nSPS) is 12.4. The Bertz CT molecular complexity index is 309. The SMILES string of the molecule is C=CC(Cc1cccc(F)c1)NCCC. The van der Waals surface area contributed by atoms with Crippen molar-refractivity contribution in [1.29, 1.82) is 0 Å². The first kappa shape index (κ1) is 11.9. The average molecular weight is 207 g/mol.